The number of rotatable bonds is 4. The Bertz CT molecular complexity index is 456. The van der Waals surface area contributed by atoms with Crippen LogP contribution in [-0.2, 0) is 4.79 Å². The highest BCUT2D eigenvalue weighted by molar-refractivity contribution is 5.96. The molecule has 1 saturated heterocycles. The third-order valence-corrected chi connectivity index (χ3v) is 3.45. The average molecular weight is 263 g/mol. The molecule has 1 aliphatic rings. The molecular formula is C15H18FNO2. The molecule has 3 nitrogen and oxygen atoms in total. The predicted molar refractivity (Wildman–Crippen MR) is 70.4 cm³/mol. The van der Waals surface area contributed by atoms with Crippen molar-refractivity contribution in [3.05, 3.63) is 35.6 Å². The summed E-state index contributed by atoms with van der Waals surface area (Å²) in [7, 11) is 0. The van der Waals surface area contributed by atoms with Crippen molar-refractivity contribution in [2.75, 3.05) is 13.1 Å². The fraction of sp³-hybridized carbons (Fsp3) is 0.467. The predicted octanol–water partition coefficient (Wildman–Crippen LogP) is 2.80. The number of halogens is 1. The molecule has 4 heteroatoms. The monoisotopic (exact) mass is 263 g/mol. The SMILES string of the molecule is O=C(CCN1CCCCCC1=O)c1ccc(F)cc1. The van der Waals surface area contributed by atoms with Gasteiger partial charge in [0.15, 0.2) is 5.78 Å². The van der Waals surface area contributed by atoms with E-state index in [0.717, 1.165) is 25.8 Å². The van der Waals surface area contributed by atoms with Crippen LogP contribution in [0.4, 0.5) is 4.39 Å². The number of carbonyl (C=O) groups excluding carboxylic acids is 2. The molecule has 0 bridgehead atoms. The van der Waals surface area contributed by atoms with Gasteiger partial charge >= 0.3 is 0 Å². The van der Waals surface area contributed by atoms with Crippen molar-refractivity contribution >= 4 is 11.7 Å². The smallest absolute Gasteiger partial charge is 0.222 e. The van der Waals surface area contributed by atoms with Gasteiger partial charge in [-0.2, -0.15) is 0 Å². The molecule has 0 aliphatic carbocycles. The fourth-order valence-corrected chi connectivity index (χ4v) is 2.29. The molecule has 1 heterocycles. The first-order chi connectivity index (χ1) is 9.16. The number of amides is 1. The maximum Gasteiger partial charge on any atom is 0.222 e. The van der Waals surface area contributed by atoms with Crippen LogP contribution < -0.4 is 0 Å². The van der Waals surface area contributed by atoms with E-state index < -0.39 is 0 Å². The summed E-state index contributed by atoms with van der Waals surface area (Å²) in [5.41, 5.74) is 0.503. The topological polar surface area (TPSA) is 37.4 Å². The van der Waals surface area contributed by atoms with Crippen LogP contribution in [0.5, 0.6) is 0 Å². The summed E-state index contributed by atoms with van der Waals surface area (Å²) < 4.78 is 12.8. The van der Waals surface area contributed by atoms with Crippen LogP contribution in [0.1, 0.15) is 42.5 Å². The van der Waals surface area contributed by atoms with Crippen LogP contribution >= 0.6 is 0 Å². The van der Waals surface area contributed by atoms with Crippen molar-refractivity contribution in [3.63, 3.8) is 0 Å². The summed E-state index contributed by atoms with van der Waals surface area (Å²) in [5, 5.41) is 0. The second-order valence-corrected chi connectivity index (χ2v) is 4.87. The Labute approximate surface area is 112 Å². The van der Waals surface area contributed by atoms with Crippen molar-refractivity contribution in [2.24, 2.45) is 0 Å². The fourth-order valence-electron chi connectivity index (χ4n) is 2.29. The van der Waals surface area contributed by atoms with Gasteiger partial charge in [0.05, 0.1) is 0 Å². The zero-order valence-electron chi connectivity index (χ0n) is 10.9. The number of hydrogen-bond donors (Lipinski definition) is 0. The standard InChI is InChI=1S/C15H18FNO2/c16-13-7-5-12(6-8-13)14(18)9-11-17-10-3-1-2-4-15(17)19/h5-8H,1-4,9-11H2. The molecule has 1 aromatic carbocycles. The van der Waals surface area contributed by atoms with Gasteiger partial charge in [0.2, 0.25) is 5.91 Å². The zero-order valence-corrected chi connectivity index (χ0v) is 10.9. The van der Waals surface area contributed by atoms with Crippen molar-refractivity contribution in [3.8, 4) is 0 Å². The van der Waals surface area contributed by atoms with Gasteiger partial charge in [-0.25, -0.2) is 4.39 Å². The third-order valence-electron chi connectivity index (χ3n) is 3.45. The maximum absolute atomic E-state index is 12.8. The minimum Gasteiger partial charge on any atom is -0.342 e. The lowest BCUT2D eigenvalue weighted by Gasteiger charge is -2.19. The molecule has 0 unspecified atom stereocenters. The van der Waals surface area contributed by atoms with E-state index in [4.69, 9.17) is 0 Å². The summed E-state index contributed by atoms with van der Waals surface area (Å²) in [5.74, 6) is -0.249. The summed E-state index contributed by atoms with van der Waals surface area (Å²) in [6, 6.07) is 5.54. The van der Waals surface area contributed by atoms with Crippen LogP contribution in [0.25, 0.3) is 0 Å². The van der Waals surface area contributed by atoms with E-state index in [0.29, 0.717) is 24.9 Å². The number of ketones is 1. The second-order valence-electron chi connectivity index (χ2n) is 4.87. The molecular weight excluding hydrogens is 245 g/mol. The average Bonchev–Trinajstić information content (AvgIpc) is 2.61. The van der Waals surface area contributed by atoms with Crippen molar-refractivity contribution < 1.29 is 14.0 Å². The Morgan fingerprint density at radius 3 is 2.63 bits per heavy atom. The Morgan fingerprint density at radius 1 is 1.16 bits per heavy atom. The summed E-state index contributed by atoms with van der Waals surface area (Å²) >= 11 is 0. The molecule has 0 saturated carbocycles. The zero-order chi connectivity index (χ0) is 13.7. The van der Waals surface area contributed by atoms with E-state index in [-0.39, 0.29) is 17.5 Å². The van der Waals surface area contributed by atoms with Crippen molar-refractivity contribution in [1.29, 1.82) is 0 Å². The van der Waals surface area contributed by atoms with Gasteiger partial charge < -0.3 is 4.90 Å². The first kappa shape index (κ1) is 13.7. The number of benzene rings is 1. The van der Waals surface area contributed by atoms with Crippen LogP contribution in [0.2, 0.25) is 0 Å². The number of Topliss-reactive ketones (excluding diaryl/α,β-unsaturated/α-hetero) is 1. The number of hydrogen-bond acceptors (Lipinski definition) is 2. The minimum atomic E-state index is -0.348. The number of carbonyl (C=O) groups is 2. The lowest BCUT2D eigenvalue weighted by molar-refractivity contribution is -0.130. The van der Waals surface area contributed by atoms with Gasteiger partial charge in [-0.3, -0.25) is 9.59 Å². The first-order valence-electron chi connectivity index (χ1n) is 6.73. The quantitative estimate of drug-likeness (QED) is 0.783. The Balaban J connectivity index is 1.89. The molecule has 0 N–H and O–H groups in total. The lowest BCUT2D eigenvalue weighted by atomic mass is 10.1. The van der Waals surface area contributed by atoms with E-state index in [1.54, 1.807) is 4.90 Å². The Kier molecular flexibility index (Phi) is 4.66. The van der Waals surface area contributed by atoms with E-state index in [1.165, 1.54) is 24.3 Å². The number of likely N-dealkylation sites (tertiary alicyclic amines) is 1. The van der Waals surface area contributed by atoms with Crippen LogP contribution in [-0.4, -0.2) is 29.7 Å². The van der Waals surface area contributed by atoms with Gasteiger partial charge in [-0.05, 0) is 37.1 Å². The van der Waals surface area contributed by atoms with Crippen LogP contribution in [0.3, 0.4) is 0 Å². The molecule has 0 aromatic heterocycles. The highest BCUT2D eigenvalue weighted by atomic mass is 19.1. The van der Waals surface area contributed by atoms with Crippen LogP contribution in [0, 0.1) is 5.82 Å². The number of nitrogens with zero attached hydrogens (tertiary/aromatic N) is 1. The van der Waals surface area contributed by atoms with E-state index in [1.807, 2.05) is 0 Å². The van der Waals surface area contributed by atoms with Gasteiger partial charge in [0.25, 0.3) is 0 Å². The van der Waals surface area contributed by atoms with Crippen molar-refractivity contribution in [1.82, 2.24) is 4.90 Å². The summed E-state index contributed by atoms with van der Waals surface area (Å²) in [6.45, 7) is 1.21. The molecule has 0 spiro atoms. The van der Waals surface area contributed by atoms with Gasteiger partial charge in [-0.15, -0.1) is 0 Å². The van der Waals surface area contributed by atoms with E-state index in [9.17, 15) is 14.0 Å². The van der Waals surface area contributed by atoms with E-state index in [2.05, 4.69) is 0 Å². The molecule has 0 radical (unpaired) electrons. The minimum absolute atomic E-state index is 0.0444. The first-order valence-corrected chi connectivity index (χ1v) is 6.73. The summed E-state index contributed by atoms with van der Waals surface area (Å²) in [6.07, 6.45) is 3.92. The van der Waals surface area contributed by atoms with Gasteiger partial charge in [0.1, 0.15) is 5.82 Å². The molecule has 102 valence electrons. The highest BCUT2D eigenvalue weighted by Crippen LogP contribution is 2.12. The van der Waals surface area contributed by atoms with Crippen LogP contribution in [0.15, 0.2) is 24.3 Å². The molecule has 19 heavy (non-hydrogen) atoms. The van der Waals surface area contributed by atoms with Gasteiger partial charge in [0, 0.05) is 31.5 Å². The lowest BCUT2D eigenvalue weighted by Crippen LogP contribution is -2.32. The third kappa shape index (κ3) is 3.88. The molecule has 2 rings (SSSR count). The summed E-state index contributed by atoms with van der Waals surface area (Å²) in [4.78, 5) is 25.5. The van der Waals surface area contributed by atoms with E-state index >= 15 is 0 Å². The Morgan fingerprint density at radius 2 is 1.89 bits per heavy atom. The molecule has 0 atom stereocenters. The normalized spacial score (nSPS) is 16.3. The molecule has 1 amide bonds. The largest absolute Gasteiger partial charge is 0.342 e. The van der Waals surface area contributed by atoms with Crippen molar-refractivity contribution in [2.45, 2.75) is 32.1 Å². The maximum atomic E-state index is 12.8. The highest BCUT2D eigenvalue weighted by Gasteiger charge is 2.17. The second kappa shape index (κ2) is 6.45. The molecule has 1 aliphatic heterocycles. The molecule has 1 fully saturated rings. The Hall–Kier alpha value is -1.71. The van der Waals surface area contributed by atoms with Gasteiger partial charge in [-0.1, -0.05) is 6.42 Å². The molecule has 1 aromatic rings.